The van der Waals surface area contributed by atoms with Crippen LogP contribution >= 0.6 is 0 Å². The van der Waals surface area contributed by atoms with Crippen LogP contribution in [-0.2, 0) is 24.1 Å². The number of benzene rings is 2. The summed E-state index contributed by atoms with van der Waals surface area (Å²) >= 11 is 0. The molecule has 4 nitrogen and oxygen atoms in total. The molecule has 0 aliphatic heterocycles. The molecule has 114 valence electrons. The third-order valence-electron chi connectivity index (χ3n) is 4.06. The zero-order chi connectivity index (χ0) is 15.5. The molecule has 0 heterocycles. The summed E-state index contributed by atoms with van der Waals surface area (Å²) in [5.74, 6) is 0.597. The molecular weight excluding hydrogens is 276 g/mol. The molecule has 0 atom stereocenters. The van der Waals surface area contributed by atoms with Crippen molar-refractivity contribution in [3.05, 3.63) is 53.1 Å². The highest BCUT2D eigenvalue weighted by atomic mass is 16.5. The molecule has 0 spiro atoms. The van der Waals surface area contributed by atoms with Crippen LogP contribution in [0.15, 0.2) is 36.4 Å². The molecule has 2 aromatic carbocycles. The van der Waals surface area contributed by atoms with E-state index < -0.39 is 0 Å². The maximum Gasteiger partial charge on any atom is 0.228 e. The smallest absolute Gasteiger partial charge is 0.228 e. The molecule has 0 aromatic heterocycles. The van der Waals surface area contributed by atoms with Gasteiger partial charge in [0.15, 0.2) is 0 Å². The predicted molar refractivity (Wildman–Crippen MR) is 88.2 cm³/mol. The Kier molecular flexibility index (Phi) is 4.00. The molecular formula is C18H20N2O2. The summed E-state index contributed by atoms with van der Waals surface area (Å²) in [6.45, 7) is 0. The summed E-state index contributed by atoms with van der Waals surface area (Å²) in [4.78, 5) is 12.2. The fourth-order valence-electron chi connectivity index (χ4n) is 2.89. The lowest BCUT2D eigenvalue weighted by Gasteiger charge is -2.10. The van der Waals surface area contributed by atoms with Gasteiger partial charge in [0.25, 0.3) is 0 Å². The number of fused-ring (bicyclic) bond motifs is 1. The van der Waals surface area contributed by atoms with Crippen molar-refractivity contribution >= 4 is 17.3 Å². The van der Waals surface area contributed by atoms with Crippen LogP contribution in [0.5, 0.6) is 5.75 Å². The molecule has 1 aliphatic rings. The van der Waals surface area contributed by atoms with Gasteiger partial charge in [-0.25, -0.2) is 0 Å². The van der Waals surface area contributed by atoms with Gasteiger partial charge in [0, 0.05) is 6.07 Å². The lowest BCUT2D eigenvalue weighted by molar-refractivity contribution is -0.115. The maximum absolute atomic E-state index is 12.2. The Morgan fingerprint density at radius 3 is 2.82 bits per heavy atom. The zero-order valence-electron chi connectivity index (χ0n) is 12.7. The van der Waals surface area contributed by atoms with Gasteiger partial charge < -0.3 is 15.8 Å². The number of methoxy groups -OCH3 is 1. The number of nitrogens with two attached hydrogens (primary N) is 1. The molecule has 1 amide bonds. The van der Waals surface area contributed by atoms with Gasteiger partial charge in [-0.3, -0.25) is 4.79 Å². The molecule has 3 rings (SSSR count). The second-order valence-corrected chi connectivity index (χ2v) is 5.63. The van der Waals surface area contributed by atoms with E-state index in [2.05, 4.69) is 17.4 Å². The van der Waals surface area contributed by atoms with Crippen LogP contribution in [0.1, 0.15) is 23.1 Å². The fraction of sp³-hybridized carbons (Fsp3) is 0.278. The molecule has 3 N–H and O–H groups in total. The predicted octanol–water partition coefficient (Wildman–Crippen LogP) is 2.95. The normalized spacial score (nSPS) is 12.8. The first kappa shape index (κ1) is 14.4. The van der Waals surface area contributed by atoms with E-state index in [0.29, 0.717) is 23.5 Å². The van der Waals surface area contributed by atoms with Crippen LogP contribution < -0.4 is 15.8 Å². The minimum Gasteiger partial charge on any atom is -0.497 e. The zero-order valence-corrected chi connectivity index (χ0v) is 12.7. The average Bonchev–Trinajstić information content (AvgIpc) is 2.97. The highest BCUT2D eigenvalue weighted by molar-refractivity contribution is 5.95. The van der Waals surface area contributed by atoms with Crippen LogP contribution in [0.25, 0.3) is 0 Å². The number of nitrogen functional groups attached to an aromatic ring is 1. The molecule has 0 bridgehead atoms. The number of nitrogens with one attached hydrogen (secondary N) is 1. The van der Waals surface area contributed by atoms with Crippen molar-refractivity contribution in [1.29, 1.82) is 0 Å². The maximum atomic E-state index is 12.2. The Labute approximate surface area is 130 Å². The number of hydrogen-bond donors (Lipinski definition) is 2. The summed E-state index contributed by atoms with van der Waals surface area (Å²) < 4.78 is 5.15. The van der Waals surface area contributed by atoms with Gasteiger partial charge in [0.05, 0.1) is 24.9 Å². The summed E-state index contributed by atoms with van der Waals surface area (Å²) in [6.07, 6.45) is 3.84. The van der Waals surface area contributed by atoms with Crippen molar-refractivity contribution in [1.82, 2.24) is 0 Å². The number of amides is 1. The fourth-order valence-corrected chi connectivity index (χ4v) is 2.89. The van der Waals surface area contributed by atoms with Crippen molar-refractivity contribution in [3.8, 4) is 5.75 Å². The second kappa shape index (κ2) is 6.10. The van der Waals surface area contributed by atoms with Crippen molar-refractivity contribution in [2.24, 2.45) is 0 Å². The molecule has 2 aromatic rings. The monoisotopic (exact) mass is 296 g/mol. The minimum absolute atomic E-state index is 0.0714. The number of ether oxygens (including phenoxy) is 1. The largest absolute Gasteiger partial charge is 0.497 e. The molecule has 0 radical (unpaired) electrons. The third-order valence-corrected chi connectivity index (χ3v) is 4.06. The number of carbonyl (C=O) groups is 1. The summed E-state index contributed by atoms with van der Waals surface area (Å²) in [5, 5.41) is 2.86. The van der Waals surface area contributed by atoms with E-state index in [1.165, 1.54) is 17.5 Å². The van der Waals surface area contributed by atoms with E-state index in [9.17, 15) is 4.79 Å². The third kappa shape index (κ3) is 3.06. The van der Waals surface area contributed by atoms with E-state index in [0.717, 1.165) is 18.4 Å². The van der Waals surface area contributed by atoms with Gasteiger partial charge in [-0.2, -0.15) is 0 Å². The van der Waals surface area contributed by atoms with Gasteiger partial charge in [0.2, 0.25) is 5.91 Å². The SMILES string of the molecule is COc1ccc(N)c(NC(=O)Cc2ccc3c(c2)CCC3)c1. The van der Waals surface area contributed by atoms with Crippen molar-refractivity contribution in [3.63, 3.8) is 0 Å². The number of aryl methyl sites for hydroxylation is 2. The number of carbonyl (C=O) groups excluding carboxylic acids is 1. The van der Waals surface area contributed by atoms with Crippen LogP contribution in [0.3, 0.4) is 0 Å². The van der Waals surface area contributed by atoms with Gasteiger partial charge in [0.1, 0.15) is 5.75 Å². The van der Waals surface area contributed by atoms with E-state index >= 15 is 0 Å². The van der Waals surface area contributed by atoms with Gasteiger partial charge in [-0.1, -0.05) is 18.2 Å². The topological polar surface area (TPSA) is 64.3 Å². The molecule has 0 saturated carbocycles. The van der Waals surface area contributed by atoms with Gasteiger partial charge in [-0.15, -0.1) is 0 Å². The van der Waals surface area contributed by atoms with Crippen molar-refractivity contribution in [2.45, 2.75) is 25.7 Å². The number of hydrogen-bond acceptors (Lipinski definition) is 3. The second-order valence-electron chi connectivity index (χ2n) is 5.63. The Hall–Kier alpha value is -2.49. The molecule has 0 fully saturated rings. The Morgan fingerprint density at radius 2 is 2.00 bits per heavy atom. The van der Waals surface area contributed by atoms with Crippen LogP contribution in [0.4, 0.5) is 11.4 Å². The Bertz CT molecular complexity index is 710. The van der Waals surface area contributed by atoms with E-state index in [4.69, 9.17) is 10.5 Å². The first-order valence-corrected chi connectivity index (χ1v) is 7.50. The number of rotatable bonds is 4. The van der Waals surface area contributed by atoms with Gasteiger partial charge >= 0.3 is 0 Å². The molecule has 22 heavy (non-hydrogen) atoms. The van der Waals surface area contributed by atoms with E-state index in [-0.39, 0.29) is 5.91 Å². The van der Waals surface area contributed by atoms with Crippen LogP contribution in [-0.4, -0.2) is 13.0 Å². The summed E-state index contributed by atoms with van der Waals surface area (Å²) in [5.41, 5.74) is 10.8. The average molecular weight is 296 g/mol. The lowest BCUT2D eigenvalue weighted by Crippen LogP contribution is -2.15. The first-order chi connectivity index (χ1) is 10.7. The number of anilines is 2. The summed E-state index contributed by atoms with van der Waals surface area (Å²) in [6, 6.07) is 11.6. The standard InChI is InChI=1S/C18H20N2O2/c1-22-15-7-8-16(19)17(11-15)20-18(21)10-12-5-6-13-3-2-4-14(13)9-12/h5-9,11H,2-4,10,19H2,1H3,(H,20,21). The molecule has 0 unspecified atom stereocenters. The minimum atomic E-state index is -0.0714. The van der Waals surface area contributed by atoms with Crippen molar-refractivity contribution in [2.75, 3.05) is 18.2 Å². The molecule has 4 heteroatoms. The lowest BCUT2D eigenvalue weighted by atomic mass is 10.0. The highest BCUT2D eigenvalue weighted by Crippen LogP contribution is 2.25. The molecule has 1 aliphatic carbocycles. The van der Waals surface area contributed by atoms with Crippen LogP contribution in [0, 0.1) is 0 Å². The molecule has 0 saturated heterocycles. The van der Waals surface area contributed by atoms with E-state index in [1.807, 2.05) is 6.07 Å². The Balaban J connectivity index is 1.70. The highest BCUT2D eigenvalue weighted by Gasteiger charge is 2.13. The first-order valence-electron chi connectivity index (χ1n) is 7.50. The summed E-state index contributed by atoms with van der Waals surface area (Å²) in [7, 11) is 1.58. The Morgan fingerprint density at radius 1 is 1.18 bits per heavy atom. The quantitative estimate of drug-likeness (QED) is 0.853. The van der Waals surface area contributed by atoms with Crippen molar-refractivity contribution < 1.29 is 9.53 Å². The van der Waals surface area contributed by atoms with Gasteiger partial charge in [-0.05, 0) is 48.1 Å². The van der Waals surface area contributed by atoms with Crippen LogP contribution in [0.2, 0.25) is 0 Å². The van der Waals surface area contributed by atoms with E-state index in [1.54, 1.807) is 25.3 Å².